The molecule has 0 aromatic carbocycles. The van der Waals surface area contributed by atoms with Crippen molar-refractivity contribution >= 4 is 0 Å². The molecular formula is C19H42N2O. The molecule has 0 saturated carbocycles. The molecule has 0 aromatic rings. The fraction of sp³-hybridized carbons (Fsp3) is 1.00. The van der Waals surface area contributed by atoms with Gasteiger partial charge >= 0.3 is 0 Å². The second kappa shape index (κ2) is 12.3. The molecule has 3 nitrogen and oxygen atoms in total. The van der Waals surface area contributed by atoms with Crippen molar-refractivity contribution in [3.63, 3.8) is 0 Å². The Kier molecular flexibility index (Phi) is 12.3. The molecule has 0 N–H and O–H groups in total. The maximum Gasteiger partial charge on any atom is 0.0547 e. The van der Waals surface area contributed by atoms with Crippen LogP contribution in [0.15, 0.2) is 0 Å². The van der Waals surface area contributed by atoms with Gasteiger partial charge in [-0.3, -0.25) is 0 Å². The van der Waals surface area contributed by atoms with Crippen LogP contribution in [0.3, 0.4) is 0 Å². The van der Waals surface area contributed by atoms with Gasteiger partial charge in [-0.05, 0) is 92.1 Å². The second-order valence-corrected chi connectivity index (χ2v) is 7.58. The Balaban J connectivity index is 4.52. The number of hydrogen-bond acceptors (Lipinski definition) is 3. The Labute approximate surface area is 140 Å². The van der Waals surface area contributed by atoms with Crippen LogP contribution in [0.4, 0.5) is 0 Å². The van der Waals surface area contributed by atoms with E-state index in [1.165, 1.54) is 58.0 Å². The average Bonchev–Trinajstić information content (AvgIpc) is 2.44. The first-order chi connectivity index (χ1) is 10.3. The summed E-state index contributed by atoms with van der Waals surface area (Å²) in [5.41, 5.74) is 0.369. The van der Waals surface area contributed by atoms with Crippen molar-refractivity contribution in [1.82, 2.24) is 9.80 Å². The Hall–Kier alpha value is -0.120. The Morgan fingerprint density at radius 2 is 1.41 bits per heavy atom. The van der Waals surface area contributed by atoms with Gasteiger partial charge < -0.3 is 14.5 Å². The second-order valence-electron chi connectivity index (χ2n) is 7.58. The minimum Gasteiger partial charge on any atom is -0.378 e. The fourth-order valence-corrected chi connectivity index (χ4v) is 3.07. The van der Waals surface area contributed by atoms with Gasteiger partial charge in [0.05, 0.1) is 12.7 Å². The summed E-state index contributed by atoms with van der Waals surface area (Å²) >= 11 is 0. The van der Waals surface area contributed by atoms with Crippen LogP contribution in [-0.2, 0) is 4.74 Å². The van der Waals surface area contributed by atoms with Crippen molar-refractivity contribution < 1.29 is 4.74 Å². The molecule has 0 heterocycles. The zero-order valence-corrected chi connectivity index (χ0v) is 16.5. The summed E-state index contributed by atoms with van der Waals surface area (Å²) in [4.78, 5) is 4.58. The van der Waals surface area contributed by atoms with Crippen molar-refractivity contribution in [1.29, 1.82) is 0 Å². The van der Waals surface area contributed by atoms with Crippen LogP contribution in [0.1, 0.15) is 65.7 Å². The molecule has 0 rings (SSSR count). The van der Waals surface area contributed by atoms with Crippen LogP contribution >= 0.6 is 0 Å². The molecule has 0 bridgehead atoms. The van der Waals surface area contributed by atoms with Crippen molar-refractivity contribution in [3.05, 3.63) is 0 Å². The monoisotopic (exact) mass is 314 g/mol. The first-order valence-corrected chi connectivity index (χ1v) is 9.26. The molecule has 0 aromatic heterocycles. The number of nitrogens with zero attached hydrogens (tertiary/aromatic N) is 2. The van der Waals surface area contributed by atoms with E-state index in [1.807, 2.05) is 0 Å². The zero-order chi connectivity index (χ0) is 17.0. The highest BCUT2D eigenvalue weighted by atomic mass is 16.5. The molecular weight excluding hydrogens is 272 g/mol. The maximum absolute atomic E-state index is 6.23. The van der Waals surface area contributed by atoms with Crippen LogP contribution in [0.5, 0.6) is 0 Å². The Bertz CT molecular complexity index is 240. The fourth-order valence-electron chi connectivity index (χ4n) is 3.07. The lowest BCUT2D eigenvalue weighted by Crippen LogP contribution is -2.31. The van der Waals surface area contributed by atoms with Crippen LogP contribution in [0.2, 0.25) is 0 Å². The largest absolute Gasteiger partial charge is 0.378 e. The standard InChI is InChI=1S/C19H42N2O/c1-8-12-18(3)22-17-19(9-2,13-10-15-20(4)5)14-11-16-21(6)7/h18H,8-17H2,1-7H3. The summed E-state index contributed by atoms with van der Waals surface area (Å²) < 4.78 is 6.23. The molecule has 1 atom stereocenters. The lowest BCUT2D eigenvalue weighted by molar-refractivity contribution is -0.0175. The molecule has 0 aliphatic carbocycles. The van der Waals surface area contributed by atoms with Gasteiger partial charge in [-0.2, -0.15) is 0 Å². The maximum atomic E-state index is 6.23. The van der Waals surface area contributed by atoms with Gasteiger partial charge in [0.15, 0.2) is 0 Å². The van der Waals surface area contributed by atoms with Crippen molar-refractivity contribution in [2.75, 3.05) is 47.9 Å². The molecule has 3 heteroatoms. The third-order valence-electron chi connectivity index (χ3n) is 4.74. The summed E-state index contributed by atoms with van der Waals surface area (Å²) in [6.45, 7) is 10.1. The van der Waals surface area contributed by atoms with Crippen LogP contribution < -0.4 is 0 Å². The van der Waals surface area contributed by atoms with E-state index >= 15 is 0 Å². The Morgan fingerprint density at radius 3 is 1.77 bits per heavy atom. The number of rotatable bonds is 14. The van der Waals surface area contributed by atoms with Gasteiger partial charge in [-0.25, -0.2) is 0 Å². The highest BCUT2D eigenvalue weighted by Gasteiger charge is 2.28. The quantitative estimate of drug-likeness (QED) is 0.476. The van der Waals surface area contributed by atoms with E-state index in [0.717, 1.165) is 6.61 Å². The predicted molar refractivity (Wildman–Crippen MR) is 98.6 cm³/mol. The van der Waals surface area contributed by atoms with Crippen LogP contribution in [0.25, 0.3) is 0 Å². The van der Waals surface area contributed by atoms with Crippen molar-refractivity contribution in [2.45, 2.75) is 71.8 Å². The zero-order valence-electron chi connectivity index (χ0n) is 16.5. The SMILES string of the molecule is CCCC(C)OCC(CC)(CCCN(C)C)CCCN(C)C. The third-order valence-corrected chi connectivity index (χ3v) is 4.74. The van der Waals surface area contributed by atoms with E-state index in [1.54, 1.807) is 0 Å². The van der Waals surface area contributed by atoms with Crippen LogP contribution in [-0.4, -0.2) is 63.8 Å². The molecule has 0 radical (unpaired) electrons. The van der Waals surface area contributed by atoms with E-state index in [2.05, 4.69) is 58.8 Å². The summed E-state index contributed by atoms with van der Waals surface area (Å²) in [6.07, 6.45) is 9.13. The van der Waals surface area contributed by atoms with Gasteiger partial charge in [-0.15, -0.1) is 0 Å². The van der Waals surface area contributed by atoms with Gasteiger partial charge in [0.2, 0.25) is 0 Å². The van der Waals surface area contributed by atoms with Crippen molar-refractivity contribution in [2.24, 2.45) is 5.41 Å². The molecule has 0 amide bonds. The molecule has 0 aliphatic heterocycles. The smallest absolute Gasteiger partial charge is 0.0547 e. The molecule has 0 fully saturated rings. The lowest BCUT2D eigenvalue weighted by Gasteiger charge is -2.35. The number of hydrogen-bond donors (Lipinski definition) is 0. The molecule has 22 heavy (non-hydrogen) atoms. The molecule has 0 saturated heterocycles. The Morgan fingerprint density at radius 1 is 0.909 bits per heavy atom. The van der Waals surface area contributed by atoms with E-state index < -0.39 is 0 Å². The van der Waals surface area contributed by atoms with Gasteiger partial charge in [0.1, 0.15) is 0 Å². The summed E-state index contributed by atoms with van der Waals surface area (Å²) in [7, 11) is 8.66. The highest BCUT2D eigenvalue weighted by molar-refractivity contribution is 4.79. The minimum absolute atomic E-state index is 0.369. The van der Waals surface area contributed by atoms with Gasteiger partial charge in [0, 0.05) is 0 Å². The predicted octanol–water partition coefficient (Wildman–Crippen LogP) is 4.27. The average molecular weight is 315 g/mol. The summed E-state index contributed by atoms with van der Waals surface area (Å²) in [5.74, 6) is 0. The number of ether oxygens (including phenoxy) is 1. The summed E-state index contributed by atoms with van der Waals surface area (Å²) in [6, 6.07) is 0. The highest BCUT2D eigenvalue weighted by Crippen LogP contribution is 2.34. The molecule has 0 aliphatic rings. The molecule has 134 valence electrons. The molecule has 0 spiro atoms. The van der Waals surface area contributed by atoms with E-state index in [4.69, 9.17) is 4.74 Å². The normalized spacial score (nSPS) is 14.0. The first-order valence-electron chi connectivity index (χ1n) is 9.26. The third kappa shape index (κ3) is 10.6. The minimum atomic E-state index is 0.369. The van der Waals surface area contributed by atoms with E-state index in [9.17, 15) is 0 Å². The summed E-state index contributed by atoms with van der Waals surface area (Å²) in [5, 5.41) is 0. The van der Waals surface area contributed by atoms with Gasteiger partial charge in [0.25, 0.3) is 0 Å². The lowest BCUT2D eigenvalue weighted by atomic mass is 9.77. The topological polar surface area (TPSA) is 15.7 Å². The first kappa shape index (κ1) is 21.9. The van der Waals surface area contributed by atoms with Gasteiger partial charge in [-0.1, -0.05) is 20.3 Å². The van der Waals surface area contributed by atoms with Crippen LogP contribution in [0, 0.1) is 5.41 Å². The van der Waals surface area contributed by atoms with E-state index in [-0.39, 0.29) is 0 Å². The van der Waals surface area contributed by atoms with Crippen molar-refractivity contribution in [3.8, 4) is 0 Å². The molecule has 1 unspecified atom stereocenters. The van der Waals surface area contributed by atoms with E-state index in [0.29, 0.717) is 11.5 Å².